The summed E-state index contributed by atoms with van der Waals surface area (Å²) < 4.78 is 5.62. The number of phenolic OH excluding ortho intramolecular Hbond substituents is 1. The van der Waals surface area contributed by atoms with Crippen LogP contribution in [0.25, 0.3) is 0 Å². The van der Waals surface area contributed by atoms with Crippen LogP contribution in [0.3, 0.4) is 0 Å². The molecule has 20 heavy (non-hydrogen) atoms. The van der Waals surface area contributed by atoms with Crippen LogP contribution < -0.4 is 4.74 Å². The smallest absolute Gasteiger partial charge is 0.323 e. The quantitative estimate of drug-likeness (QED) is 0.829. The lowest BCUT2D eigenvalue weighted by Gasteiger charge is -2.34. The Morgan fingerprint density at radius 1 is 1.45 bits per heavy atom. The minimum Gasteiger partial charge on any atom is -0.503 e. The van der Waals surface area contributed by atoms with Crippen LogP contribution in [0.5, 0.6) is 11.5 Å². The number of hydrogen-bond acceptors (Lipinski definition) is 4. The second-order valence-electron chi connectivity index (χ2n) is 5.01. The van der Waals surface area contributed by atoms with Crippen molar-refractivity contribution in [2.45, 2.75) is 32.9 Å². The Kier molecular flexibility index (Phi) is 5.42. The highest BCUT2D eigenvalue weighted by Crippen LogP contribution is 2.35. The number of methoxy groups -OCH3 is 1. The molecular formula is C14H20BrNO4. The molecule has 0 unspecified atom stereocenters. The van der Waals surface area contributed by atoms with Gasteiger partial charge in [0.25, 0.3) is 0 Å². The van der Waals surface area contributed by atoms with Crippen LogP contribution in [0.2, 0.25) is 0 Å². The molecule has 0 bridgehead atoms. The fraction of sp³-hybridized carbons (Fsp3) is 0.500. The first kappa shape index (κ1) is 16.8. The molecule has 0 heterocycles. The number of ether oxygens (including phenoxy) is 1. The lowest BCUT2D eigenvalue weighted by Crippen LogP contribution is -2.49. The lowest BCUT2D eigenvalue weighted by atomic mass is 10.0. The topological polar surface area (TPSA) is 70.0 Å². The zero-order chi connectivity index (χ0) is 15.5. The van der Waals surface area contributed by atoms with E-state index in [1.54, 1.807) is 26.0 Å². The number of likely N-dealkylation sites (N-methyl/N-ethyl adjacent to an activating group) is 1. The summed E-state index contributed by atoms with van der Waals surface area (Å²) in [6.07, 6.45) is 0. The molecular weight excluding hydrogens is 326 g/mol. The van der Waals surface area contributed by atoms with Crippen molar-refractivity contribution < 1.29 is 19.7 Å². The van der Waals surface area contributed by atoms with Gasteiger partial charge in [0.15, 0.2) is 11.5 Å². The van der Waals surface area contributed by atoms with Crippen molar-refractivity contribution in [2.75, 3.05) is 13.7 Å². The van der Waals surface area contributed by atoms with Crippen molar-refractivity contribution in [2.24, 2.45) is 0 Å². The summed E-state index contributed by atoms with van der Waals surface area (Å²) in [6.45, 7) is 6.31. The number of carboxylic acids is 1. The number of rotatable bonds is 6. The van der Waals surface area contributed by atoms with Gasteiger partial charge < -0.3 is 14.9 Å². The molecule has 1 aromatic carbocycles. The molecule has 0 amide bonds. The monoisotopic (exact) mass is 345 g/mol. The molecule has 0 aliphatic heterocycles. The average Bonchev–Trinajstić information content (AvgIpc) is 2.39. The van der Waals surface area contributed by atoms with Crippen LogP contribution in [0.1, 0.15) is 26.3 Å². The van der Waals surface area contributed by atoms with Crippen molar-refractivity contribution in [1.29, 1.82) is 0 Å². The van der Waals surface area contributed by atoms with Gasteiger partial charge in [0.1, 0.15) is 5.54 Å². The zero-order valence-corrected chi connectivity index (χ0v) is 13.7. The maximum Gasteiger partial charge on any atom is 0.323 e. The molecule has 5 nitrogen and oxygen atoms in total. The van der Waals surface area contributed by atoms with Gasteiger partial charge in [0.2, 0.25) is 0 Å². The van der Waals surface area contributed by atoms with E-state index >= 15 is 0 Å². The highest BCUT2D eigenvalue weighted by atomic mass is 79.9. The number of halogens is 1. The Balaban J connectivity index is 3.08. The molecule has 0 aliphatic carbocycles. The van der Waals surface area contributed by atoms with Gasteiger partial charge in [-0.15, -0.1) is 0 Å². The Morgan fingerprint density at radius 3 is 2.50 bits per heavy atom. The van der Waals surface area contributed by atoms with Gasteiger partial charge in [-0.25, -0.2) is 0 Å². The van der Waals surface area contributed by atoms with Crippen LogP contribution in [-0.4, -0.2) is 40.3 Å². The van der Waals surface area contributed by atoms with Crippen molar-refractivity contribution in [1.82, 2.24) is 4.90 Å². The normalized spacial score (nSPS) is 11.7. The maximum atomic E-state index is 11.3. The third-order valence-electron chi connectivity index (χ3n) is 3.38. The molecule has 1 rings (SSSR count). The largest absolute Gasteiger partial charge is 0.503 e. The lowest BCUT2D eigenvalue weighted by molar-refractivity contribution is -0.149. The summed E-state index contributed by atoms with van der Waals surface area (Å²) in [5.41, 5.74) is -0.102. The molecule has 0 atom stereocenters. The molecule has 0 fully saturated rings. The van der Waals surface area contributed by atoms with E-state index in [-0.39, 0.29) is 5.75 Å². The summed E-state index contributed by atoms with van der Waals surface area (Å²) in [5.74, 6) is -0.473. The molecule has 0 aromatic heterocycles. The van der Waals surface area contributed by atoms with E-state index in [0.29, 0.717) is 23.3 Å². The SMILES string of the molecule is CCN(Cc1cc(Br)c(O)c(OC)c1)C(C)(C)C(=O)O. The first-order chi connectivity index (χ1) is 9.23. The van der Waals surface area contributed by atoms with Gasteiger partial charge in [-0.05, 0) is 54.0 Å². The number of nitrogens with zero attached hydrogens (tertiary/aromatic N) is 1. The number of carbonyl (C=O) groups is 1. The summed E-state index contributed by atoms with van der Waals surface area (Å²) in [7, 11) is 1.48. The van der Waals surface area contributed by atoms with Crippen molar-refractivity contribution >= 4 is 21.9 Å². The third-order valence-corrected chi connectivity index (χ3v) is 3.98. The molecule has 2 N–H and O–H groups in total. The van der Waals surface area contributed by atoms with Gasteiger partial charge in [0.05, 0.1) is 11.6 Å². The Morgan fingerprint density at radius 2 is 2.05 bits per heavy atom. The van der Waals surface area contributed by atoms with Crippen molar-refractivity contribution in [3.05, 3.63) is 22.2 Å². The van der Waals surface area contributed by atoms with Gasteiger partial charge in [0, 0.05) is 6.54 Å². The average molecular weight is 346 g/mol. The molecule has 0 radical (unpaired) electrons. The molecule has 0 spiro atoms. The number of hydrogen-bond donors (Lipinski definition) is 2. The zero-order valence-electron chi connectivity index (χ0n) is 12.1. The predicted molar refractivity (Wildman–Crippen MR) is 80.2 cm³/mol. The van der Waals surface area contributed by atoms with E-state index in [1.807, 2.05) is 11.8 Å². The number of carboxylic acid groups (broad SMARTS) is 1. The van der Waals surface area contributed by atoms with Gasteiger partial charge in [-0.2, -0.15) is 0 Å². The molecule has 0 saturated carbocycles. The minimum atomic E-state index is -0.966. The summed E-state index contributed by atoms with van der Waals surface area (Å²) in [4.78, 5) is 13.2. The van der Waals surface area contributed by atoms with E-state index in [0.717, 1.165) is 5.56 Å². The number of benzene rings is 1. The minimum absolute atomic E-state index is 0.0387. The van der Waals surface area contributed by atoms with E-state index < -0.39 is 11.5 Å². The Hall–Kier alpha value is -1.27. The van der Waals surface area contributed by atoms with E-state index in [1.165, 1.54) is 7.11 Å². The fourth-order valence-electron chi connectivity index (χ4n) is 1.93. The predicted octanol–water partition coefficient (Wildman–Crippen LogP) is 2.85. The van der Waals surface area contributed by atoms with Gasteiger partial charge in [-0.3, -0.25) is 9.69 Å². The number of aliphatic carboxylic acids is 1. The summed E-state index contributed by atoms with van der Waals surface area (Å²) in [5, 5.41) is 19.1. The summed E-state index contributed by atoms with van der Waals surface area (Å²) in [6, 6.07) is 3.47. The second kappa shape index (κ2) is 6.45. The number of phenols is 1. The van der Waals surface area contributed by atoms with Crippen LogP contribution in [0, 0.1) is 0 Å². The van der Waals surface area contributed by atoms with E-state index in [4.69, 9.17) is 4.74 Å². The Labute approximate surface area is 127 Å². The standard InChI is InChI=1S/C14H20BrNO4/c1-5-16(14(2,3)13(18)19)8-9-6-10(15)12(17)11(7-9)20-4/h6-7,17H,5,8H2,1-4H3,(H,18,19). The van der Waals surface area contributed by atoms with Crippen LogP contribution in [-0.2, 0) is 11.3 Å². The third kappa shape index (κ3) is 3.43. The molecule has 6 heteroatoms. The van der Waals surface area contributed by atoms with Crippen LogP contribution in [0.4, 0.5) is 0 Å². The molecule has 1 aromatic rings. The second-order valence-corrected chi connectivity index (χ2v) is 5.86. The van der Waals surface area contributed by atoms with Crippen LogP contribution in [0.15, 0.2) is 16.6 Å². The number of aromatic hydroxyl groups is 1. The highest BCUT2D eigenvalue weighted by Gasteiger charge is 2.33. The van der Waals surface area contributed by atoms with E-state index in [9.17, 15) is 15.0 Å². The summed E-state index contributed by atoms with van der Waals surface area (Å²) >= 11 is 3.26. The highest BCUT2D eigenvalue weighted by molar-refractivity contribution is 9.10. The van der Waals surface area contributed by atoms with Crippen LogP contribution >= 0.6 is 15.9 Å². The van der Waals surface area contributed by atoms with Gasteiger partial charge >= 0.3 is 5.97 Å². The van der Waals surface area contributed by atoms with Crippen molar-refractivity contribution in [3.8, 4) is 11.5 Å². The fourth-order valence-corrected chi connectivity index (χ4v) is 2.42. The first-order valence-electron chi connectivity index (χ1n) is 6.27. The van der Waals surface area contributed by atoms with E-state index in [2.05, 4.69) is 15.9 Å². The molecule has 0 saturated heterocycles. The Bertz CT molecular complexity index is 502. The maximum absolute atomic E-state index is 11.3. The molecule has 0 aliphatic rings. The van der Waals surface area contributed by atoms with Gasteiger partial charge in [-0.1, -0.05) is 6.92 Å². The molecule has 112 valence electrons. The first-order valence-corrected chi connectivity index (χ1v) is 7.07. The van der Waals surface area contributed by atoms with Crippen molar-refractivity contribution in [3.63, 3.8) is 0 Å².